The minimum Gasteiger partial charge on any atom is -0.337 e. The smallest absolute Gasteiger partial charge is 0.291 e. The van der Waals surface area contributed by atoms with E-state index in [1.165, 1.54) is 17.3 Å². The van der Waals surface area contributed by atoms with Crippen LogP contribution >= 0.6 is 0 Å². The maximum Gasteiger partial charge on any atom is 0.291 e. The summed E-state index contributed by atoms with van der Waals surface area (Å²) in [5.74, 6) is -4.11. The number of fused-ring (bicyclic) bond motifs is 1. The molecule has 32 heavy (non-hydrogen) atoms. The number of carbonyl (C=O) groups excluding carboxylic acids is 2. The number of nitrogens with zero attached hydrogens (tertiary/aromatic N) is 6. The van der Waals surface area contributed by atoms with E-state index in [0.717, 1.165) is 5.56 Å². The van der Waals surface area contributed by atoms with Crippen LogP contribution in [0.1, 0.15) is 40.6 Å². The Morgan fingerprint density at radius 3 is 2.72 bits per heavy atom. The van der Waals surface area contributed by atoms with Crippen molar-refractivity contribution in [2.45, 2.75) is 43.8 Å². The predicted octanol–water partition coefficient (Wildman–Crippen LogP) is 1.81. The molecular weight excluding hydrogens is 420 g/mol. The lowest BCUT2D eigenvalue weighted by molar-refractivity contribution is -0.120. The number of benzene rings is 1. The van der Waals surface area contributed by atoms with Crippen molar-refractivity contribution in [1.82, 2.24) is 29.9 Å². The fourth-order valence-electron chi connectivity index (χ4n) is 3.89. The van der Waals surface area contributed by atoms with Crippen molar-refractivity contribution in [3.8, 4) is 0 Å². The molecule has 166 valence electrons. The van der Waals surface area contributed by atoms with Gasteiger partial charge in [-0.15, -0.1) is 5.10 Å². The van der Waals surface area contributed by atoms with E-state index in [1.807, 2.05) is 30.3 Å². The van der Waals surface area contributed by atoms with Crippen molar-refractivity contribution in [3.05, 3.63) is 59.8 Å². The summed E-state index contributed by atoms with van der Waals surface area (Å²) in [6.45, 7) is 0.778. The van der Waals surface area contributed by atoms with E-state index >= 15 is 0 Å². The van der Waals surface area contributed by atoms with Crippen molar-refractivity contribution in [1.29, 1.82) is 0 Å². The highest BCUT2D eigenvalue weighted by atomic mass is 19.3. The first-order valence-electron chi connectivity index (χ1n) is 10.3. The molecule has 0 unspecified atom stereocenters. The quantitative estimate of drug-likeness (QED) is 0.651. The molecule has 5 rings (SSSR count). The van der Waals surface area contributed by atoms with E-state index < -0.39 is 23.8 Å². The number of aryl methyl sites for hydroxylation is 1. The third-order valence-corrected chi connectivity index (χ3v) is 5.79. The number of carbonyl (C=O) groups is 2. The Hall–Kier alpha value is -3.63. The van der Waals surface area contributed by atoms with Gasteiger partial charge in [0.05, 0.1) is 18.2 Å². The molecule has 2 atom stereocenters. The molecule has 2 amide bonds. The molecule has 9 nitrogen and oxygen atoms in total. The first-order chi connectivity index (χ1) is 15.3. The van der Waals surface area contributed by atoms with E-state index in [1.54, 1.807) is 16.4 Å². The van der Waals surface area contributed by atoms with Gasteiger partial charge < -0.3 is 5.32 Å². The van der Waals surface area contributed by atoms with E-state index in [9.17, 15) is 18.4 Å². The van der Waals surface area contributed by atoms with Crippen LogP contribution in [0.2, 0.25) is 0 Å². The van der Waals surface area contributed by atoms with Crippen molar-refractivity contribution < 1.29 is 18.4 Å². The molecular formula is C21H21F2N7O2. The first-order valence-corrected chi connectivity index (χ1v) is 10.3. The van der Waals surface area contributed by atoms with Crippen LogP contribution in [-0.4, -0.2) is 55.4 Å². The Bertz CT molecular complexity index is 1170. The predicted molar refractivity (Wildman–Crippen MR) is 109 cm³/mol. The summed E-state index contributed by atoms with van der Waals surface area (Å²) in [6, 6.07) is 10.4. The SMILES string of the molecule is CN1C(=O)[C@@H](NC(=O)c2ncn(Cc3ccccc3)n2)CCn2nc([C@@H]3CC3(F)F)cc21. The van der Waals surface area contributed by atoms with Gasteiger partial charge in [0.25, 0.3) is 17.7 Å². The number of halogens is 2. The molecule has 2 aromatic heterocycles. The van der Waals surface area contributed by atoms with Gasteiger partial charge in [0, 0.05) is 26.1 Å². The standard InChI is InChI=1S/C21H21F2N7O2/c1-28-17-9-16(14-10-21(14,22)23)26-30(17)8-7-15(20(28)32)25-19(31)18-24-12-29(27-18)11-13-5-3-2-4-6-13/h2-6,9,12,14-15H,7-8,10-11H2,1H3,(H,25,31)/t14-,15-/m0/s1. The van der Waals surface area contributed by atoms with Crippen LogP contribution in [0.3, 0.4) is 0 Å². The van der Waals surface area contributed by atoms with Crippen LogP contribution < -0.4 is 10.2 Å². The number of nitrogens with one attached hydrogen (secondary N) is 1. The summed E-state index contributed by atoms with van der Waals surface area (Å²) in [6.07, 6.45) is 1.52. The van der Waals surface area contributed by atoms with E-state index in [2.05, 4.69) is 20.5 Å². The summed E-state index contributed by atoms with van der Waals surface area (Å²) < 4.78 is 29.9. The number of anilines is 1. The highest BCUT2D eigenvalue weighted by molar-refractivity contribution is 6.00. The van der Waals surface area contributed by atoms with Crippen LogP contribution in [0.4, 0.5) is 14.6 Å². The lowest BCUT2D eigenvalue weighted by Gasteiger charge is -2.19. The summed E-state index contributed by atoms with van der Waals surface area (Å²) in [5.41, 5.74) is 1.31. The van der Waals surface area contributed by atoms with Gasteiger partial charge in [0.15, 0.2) is 0 Å². The van der Waals surface area contributed by atoms with Crippen LogP contribution in [0, 0.1) is 0 Å². The number of rotatable bonds is 5. The van der Waals surface area contributed by atoms with E-state index in [0.29, 0.717) is 24.6 Å². The molecule has 0 bridgehead atoms. The lowest BCUT2D eigenvalue weighted by Crippen LogP contribution is -2.47. The second kappa shape index (κ2) is 7.50. The summed E-state index contributed by atoms with van der Waals surface area (Å²) in [4.78, 5) is 31.0. The van der Waals surface area contributed by atoms with E-state index in [4.69, 9.17) is 0 Å². The minimum absolute atomic E-state index is 0.0309. The van der Waals surface area contributed by atoms with E-state index in [-0.39, 0.29) is 24.6 Å². The zero-order valence-corrected chi connectivity index (χ0v) is 17.3. The highest BCUT2D eigenvalue weighted by Gasteiger charge is 2.59. The van der Waals surface area contributed by atoms with Crippen molar-refractivity contribution in [2.24, 2.45) is 0 Å². The summed E-state index contributed by atoms with van der Waals surface area (Å²) in [7, 11) is 1.54. The Morgan fingerprint density at radius 1 is 1.25 bits per heavy atom. The van der Waals surface area contributed by atoms with Crippen LogP contribution in [0.15, 0.2) is 42.7 Å². The van der Waals surface area contributed by atoms with Gasteiger partial charge in [-0.3, -0.25) is 14.5 Å². The number of hydrogen-bond donors (Lipinski definition) is 1. The van der Waals surface area contributed by atoms with Crippen molar-refractivity contribution in [3.63, 3.8) is 0 Å². The first kappa shape index (κ1) is 20.3. The van der Waals surface area contributed by atoms with Gasteiger partial charge in [0.2, 0.25) is 5.82 Å². The molecule has 11 heteroatoms. The average molecular weight is 441 g/mol. The lowest BCUT2D eigenvalue weighted by atomic mass is 10.2. The Morgan fingerprint density at radius 2 is 2.00 bits per heavy atom. The van der Waals surface area contributed by atoms with Crippen LogP contribution in [0.25, 0.3) is 0 Å². The molecule has 1 saturated carbocycles. The largest absolute Gasteiger partial charge is 0.337 e. The fraction of sp³-hybridized carbons (Fsp3) is 0.381. The maximum absolute atomic E-state index is 13.4. The molecule has 1 fully saturated rings. The molecule has 1 N–H and O–H groups in total. The monoisotopic (exact) mass is 441 g/mol. The van der Waals surface area contributed by atoms with Crippen molar-refractivity contribution in [2.75, 3.05) is 11.9 Å². The molecule has 0 spiro atoms. The highest BCUT2D eigenvalue weighted by Crippen LogP contribution is 2.55. The average Bonchev–Trinajstić information content (AvgIpc) is 3.12. The molecule has 1 aromatic carbocycles. The minimum atomic E-state index is -2.73. The van der Waals surface area contributed by atoms with Gasteiger partial charge in [-0.05, 0) is 12.0 Å². The molecule has 1 aliphatic carbocycles. The number of likely N-dealkylation sites (N-methyl/N-ethyl adjacent to an activating group) is 1. The number of aromatic nitrogens is 5. The number of amides is 2. The van der Waals surface area contributed by atoms with Gasteiger partial charge >= 0.3 is 0 Å². The van der Waals surface area contributed by atoms with Gasteiger partial charge in [-0.2, -0.15) is 5.10 Å². The zero-order chi connectivity index (χ0) is 22.5. The molecule has 1 aliphatic heterocycles. The second-order valence-electron chi connectivity index (χ2n) is 8.13. The van der Waals surface area contributed by atoms with Crippen molar-refractivity contribution >= 4 is 17.6 Å². The normalized spacial score (nSPS) is 21.7. The molecule has 3 aromatic rings. The van der Waals surface area contributed by atoms with Gasteiger partial charge in [-0.1, -0.05) is 30.3 Å². The summed E-state index contributed by atoms with van der Waals surface area (Å²) >= 11 is 0. The molecule has 0 saturated heterocycles. The maximum atomic E-state index is 13.4. The third-order valence-electron chi connectivity index (χ3n) is 5.79. The topological polar surface area (TPSA) is 97.9 Å². The number of alkyl halides is 2. The summed E-state index contributed by atoms with van der Waals surface area (Å²) in [5, 5.41) is 11.2. The third kappa shape index (κ3) is 3.74. The molecule has 2 aliphatic rings. The van der Waals surface area contributed by atoms with Gasteiger partial charge in [-0.25, -0.2) is 23.1 Å². The Balaban J connectivity index is 1.25. The Labute approximate surface area is 182 Å². The fourth-order valence-corrected chi connectivity index (χ4v) is 3.89. The Kier molecular flexibility index (Phi) is 4.75. The van der Waals surface area contributed by atoms with Crippen LogP contribution in [0.5, 0.6) is 0 Å². The molecule has 3 heterocycles. The second-order valence-corrected chi connectivity index (χ2v) is 8.13. The van der Waals surface area contributed by atoms with Crippen LogP contribution in [-0.2, 0) is 17.9 Å². The number of hydrogen-bond acceptors (Lipinski definition) is 5. The molecule has 0 radical (unpaired) electrons. The zero-order valence-electron chi connectivity index (χ0n) is 17.3. The van der Waals surface area contributed by atoms with Gasteiger partial charge in [0.1, 0.15) is 18.2 Å².